The third-order valence-electron chi connectivity index (χ3n) is 6.79. The number of nitrogens with two attached hydrogens (primary N) is 1. The molecule has 0 unspecified atom stereocenters. The number of benzene rings is 3. The Morgan fingerprint density at radius 1 is 1.12 bits per heavy atom. The summed E-state index contributed by atoms with van der Waals surface area (Å²) in [6, 6.07) is 15.7. The number of ether oxygens (including phenoxy) is 1. The first-order valence-corrected chi connectivity index (χ1v) is 13.2. The number of hydrogen-bond donors (Lipinski definition) is 6. The molecule has 3 aromatic carbocycles. The summed E-state index contributed by atoms with van der Waals surface area (Å²) < 4.78 is 31.4. The number of anilines is 2. The van der Waals surface area contributed by atoms with E-state index in [-0.39, 0.29) is 23.9 Å². The van der Waals surface area contributed by atoms with Gasteiger partial charge in [-0.3, -0.25) is 19.8 Å². The Morgan fingerprint density at radius 3 is 2.52 bits per heavy atom. The Morgan fingerprint density at radius 2 is 1.86 bits per heavy atom. The maximum Gasteiger partial charge on any atom is 0.305 e. The monoisotopic (exact) mass is 579 g/mol. The Bertz CT molecular complexity index is 1480. The van der Waals surface area contributed by atoms with Gasteiger partial charge in [0.2, 0.25) is 11.8 Å². The second kappa shape index (κ2) is 13.1. The van der Waals surface area contributed by atoms with Crippen LogP contribution in [-0.4, -0.2) is 41.8 Å². The van der Waals surface area contributed by atoms with Crippen LogP contribution in [0.15, 0.2) is 66.7 Å². The number of halogens is 2. The predicted molar refractivity (Wildman–Crippen MR) is 153 cm³/mol. The molecule has 10 nitrogen and oxygen atoms in total. The fourth-order valence-electron chi connectivity index (χ4n) is 4.74. The van der Waals surface area contributed by atoms with Crippen molar-refractivity contribution in [3.05, 3.63) is 89.0 Å². The molecule has 0 aliphatic carbocycles. The number of carbonyl (C=O) groups excluding carboxylic acids is 2. The lowest BCUT2D eigenvalue weighted by Crippen LogP contribution is -2.37. The number of nitrogens with one attached hydrogen (secondary N) is 4. The number of rotatable bonds is 8. The minimum absolute atomic E-state index is 0.0198. The van der Waals surface area contributed by atoms with E-state index < -0.39 is 49.3 Å². The van der Waals surface area contributed by atoms with Gasteiger partial charge in [0, 0.05) is 23.4 Å². The summed E-state index contributed by atoms with van der Waals surface area (Å²) in [6.07, 6.45) is -3.16. The molecule has 0 saturated carbocycles. The minimum atomic E-state index is -2.72. The van der Waals surface area contributed by atoms with Crippen molar-refractivity contribution in [1.82, 2.24) is 5.32 Å². The molecule has 1 heterocycles. The first-order chi connectivity index (χ1) is 20.0. The lowest BCUT2D eigenvalue weighted by Gasteiger charge is -2.26. The fraction of sp³-hybridized carbons (Fsp3) is 0.267. The van der Waals surface area contributed by atoms with Crippen LogP contribution in [0.2, 0.25) is 0 Å². The molecule has 1 aliphatic rings. The standard InChI is InChI=1S/C30H31F2N5O5/c1-16-11-26(38)35-21-4-2-3-18(12-21)23(14-27(39)40)37-30(41)28(36-20-8-5-17(6-9-20)29(33)34)19-7-10-24(22(16)13-19)42-15-25(31)32/h2-10,12-13,16,23,25,28,36H,11,14-15H2,1H3,(H3,33,34)(H,35,38)(H,37,41)(H,39,40)/t16-,23-,28-/m1/s1. The van der Waals surface area contributed by atoms with E-state index in [1.165, 1.54) is 6.07 Å². The van der Waals surface area contributed by atoms with Gasteiger partial charge in [0.05, 0.1) is 12.5 Å². The van der Waals surface area contributed by atoms with Crippen LogP contribution in [0.1, 0.15) is 60.0 Å². The zero-order valence-electron chi connectivity index (χ0n) is 22.7. The van der Waals surface area contributed by atoms with E-state index in [1.807, 2.05) is 0 Å². The van der Waals surface area contributed by atoms with Gasteiger partial charge in [0.1, 0.15) is 24.2 Å². The third kappa shape index (κ3) is 7.59. The molecular formula is C30H31F2N5O5. The number of amides is 2. The summed E-state index contributed by atoms with van der Waals surface area (Å²) >= 11 is 0. The minimum Gasteiger partial charge on any atom is -0.487 e. The van der Waals surface area contributed by atoms with Gasteiger partial charge in [-0.05, 0) is 71.1 Å². The lowest BCUT2D eigenvalue weighted by molar-refractivity contribution is -0.137. The Hall–Kier alpha value is -5.00. The van der Waals surface area contributed by atoms with E-state index >= 15 is 0 Å². The zero-order valence-corrected chi connectivity index (χ0v) is 22.7. The van der Waals surface area contributed by atoms with E-state index in [9.17, 15) is 28.3 Å². The molecule has 3 atom stereocenters. The van der Waals surface area contributed by atoms with Gasteiger partial charge in [0.15, 0.2) is 0 Å². The number of nitrogen functional groups attached to an aromatic ring is 1. The van der Waals surface area contributed by atoms with Gasteiger partial charge in [-0.25, -0.2) is 8.78 Å². The van der Waals surface area contributed by atoms with Crippen molar-refractivity contribution in [3.63, 3.8) is 0 Å². The number of aliphatic carboxylic acids is 1. The first kappa shape index (κ1) is 30.0. The third-order valence-corrected chi connectivity index (χ3v) is 6.79. The van der Waals surface area contributed by atoms with Crippen LogP contribution in [0, 0.1) is 5.41 Å². The molecule has 42 heavy (non-hydrogen) atoms. The normalized spacial score (nSPS) is 18.8. The zero-order chi connectivity index (χ0) is 30.4. The van der Waals surface area contributed by atoms with Crippen molar-refractivity contribution in [2.45, 2.75) is 44.2 Å². The van der Waals surface area contributed by atoms with Crippen LogP contribution in [0.5, 0.6) is 5.75 Å². The molecule has 220 valence electrons. The number of carboxylic acids is 1. The highest BCUT2D eigenvalue weighted by Gasteiger charge is 2.28. The lowest BCUT2D eigenvalue weighted by atomic mass is 9.92. The highest BCUT2D eigenvalue weighted by molar-refractivity contribution is 5.95. The molecule has 4 bridgehead atoms. The van der Waals surface area contributed by atoms with Gasteiger partial charge >= 0.3 is 5.97 Å². The first-order valence-electron chi connectivity index (χ1n) is 13.2. The molecular weight excluding hydrogens is 548 g/mol. The van der Waals surface area contributed by atoms with Crippen molar-refractivity contribution in [2.75, 3.05) is 17.2 Å². The SMILES string of the molecule is C[C@@H]1CC(=O)Nc2cccc(c2)[C@@H](CC(=O)O)NC(=O)[C@H](Nc2ccc(C(=N)N)cc2)c2ccc(OCC(F)F)c1c2. The van der Waals surface area contributed by atoms with Gasteiger partial charge in [-0.2, -0.15) is 0 Å². The van der Waals surface area contributed by atoms with Crippen molar-refractivity contribution < 1.29 is 33.0 Å². The number of amidine groups is 1. The number of carbonyl (C=O) groups is 3. The summed E-state index contributed by atoms with van der Waals surface area (Å²) in [5, 5.41) is 26.0. The summed E-state index contributed by atoms with van der Waals surface area (Å²) in [4.78, 5) is 38.6. The molecule has 0 saturated heterocycles. The van der Waals surface area contributed by atoms with Crippen molar-refractivity contribution >= 4 is 35.0 Å². The fourth-order valence-corrected chi connectivity index (χ4v) is 4.74. The van der Waals surface area contributed by atoms with E-state index in [0.29, 0.717) is 33.6 Å². The Kier molecular flexibility index (Phi) is 9.35. The molecule has 2 amide bonds. The van der Waals surface area contributed by atoms with Crippen LogP contribution in [0.4, 0.5) is 20.2 Å². The maximum atomic E-state index is 13.9. The summed E-state index contributed by atoms with van der Waals surface area (Å²) in [5.74, 6) is -2.50. The molecule has 7 N–H and O–H groups in total. The highest BCUT2D eigenvalue weighted by atomic mass is 19.3. The molecule has 0 spiro atoms. The van der Waals surface area contributed by atoms with Crippen molar-refractivity contribution in [3.8, 4) is 5.75 Å². The second-order valence-electron chi connectivity index (χ2n) is 10.0. The van der Waals surface area contributed by atoms with E-state index in [2.05, 4.69) is 16.0 Å². The van der Waals surface area contributed by atoms with Crippen LogP contribution >= 0.6 is 0 Å². The summed E-state index contributed by atoms with van der Waals surface area (Å²) in [5.41, 5.74) is 8.31. The molecule has 0 aromatic heterocycles. The number of carboxylic acid groups (broad SMARTS) is 1. The van der Waals surface area contributed by atoms with Crippen LogP contribution in [0.3, 0.4) is 0 Å². The Labute approximate surface area is 240 Å². The van der Waals surface area contributed by atoms with Crippen LogP contribution in [-0.2, 0) is 14.4 Å². The van der Waals surface area contributed by atoms with Gasteiger partial charge in [-0.15, -0.1) is 0 Å². The van der Waals surface area contributed by atoms with Gasteiger partial charge < -0.3 is 31.5 Å². The average Bonchev–Trinajstić information content (AvgIpc) is 2.94. The molecule has 4 rings (SSSR count). The van der Waals surface area contributed by atoms with E-state index in [4.69, 9.17) is 15.9 Å². The summed E-state index contributed by atoms with van der Waals surface area (Å²) in [7, 11) is 0. The predicted octanol–water partition coefficient (Wildman–Crippen LogP) is 4.55. The second-order valence-corrected chi connectivity index (χ2v) is 10.0. The quantitative estimate of drug-likeness (QED) is 0.168. The van der Waals surface area contributed by atoms with Gasteiger partial charge in [-0.1, -0.05) is 25.1 Å². The molecule has 0 radical (unpaired) electrons. The topological polar surface area (TPSA) is 167 Å². The Balaban J connectivity index is 1.82. The average molecular weight is 580 g/mol. The van der Waals surface area contributed by atoms with E-state index in [0.717, 1.165) is 0 Å². The summed E-state index contributed by atoms with van der Waals surface area (Å²) in [6.45, 7) is 0.904. The molecule has 3 aromatic rings. The van der Waals surface area contributed by atoms with Crippen molar-refractivity contribution in [2.24, 2.45) is 5.73 Å². The van der Waals surface area contributed by atoms with Crippen LogP contribution < -0.4 is 26.4 Å². The van der Waals surface area contributed by atoms with Crippen LogP contribution in [0.25, 0.3) is 0 Å². The maximum absolute atomic E-state index is 13.9. The number of alkyl halides is 2. The number of fused-ring (bicyclic) bond motifs is 4. The molecule has 0 fully saturated rings. The van der Waals surface area contributed by atoms with E-state index in [1.54, 1.807) is 67.6 Å². The largest absolute Gasteiger partial charge is 0.487 e. The molecule has 1 aliphatic heterocycles. The number of hydrogen-bond acceptors (Lipinski definition) is 6. The highest BCUT2D eigenvalue weighted by Crippen LogP contribution is 2.34. The smallest absolute Gasteiger partial charge is 0.305 e. The molecule has 12 heteroatoms. The van der Waals surface area contributed by atoms with Gasteiger partial charge in [0.25, 0.3) is 6.43 Å². The van der Waals surface area contributed by atoms with Crippen molar-refractivity contribution in [1.29, 1.82) is 5.41 Å².